The van der Waals surface area contributed by atoms with Gasteiger partial charge in [-0.2, -0.15) is 0 Å². The molecule has 0 aromatic heterocycles. The van der Waals surface area contributed by atoms with E-state index in [1.165, 1.54) is 44.9 Å². The van der Waals surface area contributed by atoms with Crippen molar-refractivity contribution in [2.24, 2.45) is 5.11 Å². The smallest absolute Gasteiger partial charge is 0.0257 e. The van der Waals surface area contributed by atoms with Gasteiger partial charge in [-0.1, -0.05) is 57.0 Å². The fraction of sp³-hybridized carbons (Fsp3) is 1.00. The van der Waals surface area contributed by atoms with Crippen molar-refractivity contribution in [2.75, 3.05) is 6.54 Å². The minimum absolute atomic E-state index is 0.672. The van der Waals surface area contributed by atoms with Crippen molar-refractivity contribution in [3.05, 3.63) is 10.4 Å². The van der Waals surface area contributed by atoms with Gasteiger partial charge in [-0.05, 0) is 12.0 Å². The summed E-state index contributed by atoms with van der Waals surface area (Å²) in [7, 11) is 0. The molecule has 0 aliphatic carbocycles. The van der Waals surface area contributed by atoms with Crippen molar-refractivity contribution in [1.29, 1.82) is 0 Å². The summed E-state index contributed by atoms with van der Waals surface area (Å²) < 4.78 is 0. The highest BCUT2D eigenvalue weighted by atomic mass is 15.1. The van der Waals surface area contributed by atoms with E-state index in [4.69, 9.17) is 5.53 Å². The van der Waals surface area contributed by atoms with Gasteiger partial charge in [0.05, 0.1) is 0 Å². The van der Waals surface area contributed by atoms with Crippen molar-refractivity contribution < 1.29 is 0 Å². The molecule has 3 nitrogen and oxygen atoms in total. The second-order valence-electron chi connectivity index (χ2n) is 3.43. The Morgan fingerprint density at radius 2 is 1.46 bits per heavy atom. The second-order valence-corrected chi connectivity index (χ2v) is 3.43. The van der Waals surface area contributed by atoms with Crippen molar-refractivity contribution in [2.45, 2.75) is 58.3 Å². The lowest BCUT2D eigenvalue weighted by atomic mass is 10.1. The van der Waals surface area contributed by atoms with E-state index < -0.39 is 0 Å². The number of nitrogens with zero attached hydrogens (tertiary/aromatic N) is 3. The average Bonchev–Trinajstić information content (AvgIpc) is 2.16. The lowest BCUT2D eigenvalue weighted by Gasteiger charge is -1.99. The molecule has 13 heavy (non-hydrogen) atoms. The fourth-order valence-electron chi connectivity index (χ4n) is 1.36. The Morgan fingerprint density at radius 3 is 2.00 bits per heavy atom. The first kappa shape index (κ1) is 12.3. The molecule has 0 saturated carbocycles. The molecule has 0 bridgehead atoms. The number of hydrogen-bond acceptors (Lipinski definition) is 1. The normalized spacial score (nSPS) is 9.62. The zero-order valence-electron chi connectivity index (χ0n) is 8.71. The van der Waals surface area contributed by atoms with Crippen LogP contribution >= 0.6 is 0 Å². The predicted octanol–water partition coefficient (Wildman–Crippen LogP) is 4.44. The molecular weight excluding hydrogens is 162 g/mol. The molecule has 0 rings (SSSR count). The Morgan fingerprint density at radius 1 is 0.923 bits per heavy atom. The first-order valence-corrected chi connectivity index (χ1v) is 5.42. The fourth-order valence-corrected chi connectivity index (χ4v) is 1.36. The van der Waals surface area contributed by atoms with E-state index in [0.717, 1.165) is 6.42 Å². The first-order chi connectivity index (χ1) is 6.41. The Hall–Kier alpha value is -0.690. The zero-order valence-corrected chi connectivity index (χ0v) is 8.71. The van der Waals surface area contributed by atoms with E-state index in [0.29, 0.717) is 6.54 Å². The quantitative estimate of drug-likeness (QED) is 0.220. The predicted molar refractivity (Wildman–Crippen MR) is 56.6 cm³/mol. The van der Waals surface area contributed by atoms with Gasteiger partial charge in [0.1, 0.15) is 0 Å². The van der Waals surface area contributed by atoms with Crippen LogP contribution in [0.15, 0.2) is 5.11 Å². The SMILES string of the molecule is CCCCCCCCCCN=[N+]=[N-]. The highest BCUT2D eigenvalue weighted by Crippen LogP contribution is 2.08. The van der Waals surface area contributed by atoms with Crippen LogP contribution in [0.4, 0.5) is 0 Å². The molecule has 0 aliphatic heterocycles. The summed E-state index contributed by atoms with van der Waals surface area (Å²) in [5.74, 6) is 0. The Bertz CT molecular complexity index is 139. The topological polar surface area (TPSA) is 48.8 Å². The summed E-state index contributed by atoms with van der Waals surface area (Å²) in [5, 5.41) is 3.50. The van der Waals surface area contributed by atoms with Crippen LogP contribution in [0.1, 0.15) is 58.3 Å². The van der Waals surface area contributed by atoms with Crippen molar-refractivity contribution in [3.63, 3.8) is 0 Å². The largest absolute Gasteiger partial charge is 0.0940 e. The van der Waals surface area contributed by atoms with Gasteiger partial charge in [-0.3, -0.25) is 0 Å². The molecule has 0 N–H and O–H groups in total. The van der Waals surface area contributed by atoms with E-state index in [1.807, 2.05) is 0 Å². The molecule has 76 valence electrons. The van der Waals surface area contributed by atoms with Gasteiger partial charge in [-0.15, -0.1) is 0 Å². The van der Waals surface area contributed by atoms with Crippen LogP contribution < -0.4 is 0 Å². The number of unbranched alkanes of at least 4 members (excludes halogenated alkanes) is 7. The third kappa shape index (κ3) is 11.3. The Balaban J connectivity index is 2.87. The summed E-state index contributed by atoms with van der Waals surface area (Å²) >= 11 is 0. The van der Waals surface area contributed by atoms with Gasteiger partial charge >= 0.3 is 0 Å². The maximum absolute atomic E-state index is 8.02. The van der Waals surface area contributed by atoms with E-state index in [9.17, 15) is 0 Å². The molecule has 0 fully saturated rings. The van der Waals surface area contributed by atoms with E-state index in [1.54, 1.807) is 0 Å². The molecule has 0 radical (unpaired) electrons. The van der Waals surface area contributed by atoms with Crippen molar-refractivity contribution in [1.82, 2.24) is 0 Å². The summed E-state index contributed by atoms with van der Waals surface area (Å²) in [5.41, 5.74) is 8.02. The lowest BCUT2D eigenvalue weighted by molar-refractivity contribution is 0.578. The maximum Gasteiger partial charge on any atom is 0.0257 e. The monoisotopic (exact) mass is 183 g/mol. The van der Waals surface area contributed by atoms with Crippen LogP contribution in [0.25, 0.3) is 10.4 Å². The summed E-state index contributed by atoms with van der Waals surface area (Å²) in [6.45, 7) is 2.91. The molecule has 0 unspecified atom stereocenters. The van der Waals surface area contributed by atoms with Crippen LogP contribution in [0.5, 0.6) is 0 Å². The van der Waals surface area contributed by atoms with E-state index in [2.05, 4.69) is 16.9 Å². The van der Waals surface area contributed by atoms with Gasteiger partial charge < -0.3 is 0 Å². The first-order valence-electron chi connectivity index (χ1n) is 5.42. The second kappa shape index (κ2) is 11.3. The number of rotatable bonds is 9. The highest BCUT2D eigenvalue weighted by Gasteiger charge is 1.89. The third-order valence-electron chi connectivity index (χ3n) is 2.17. The molecule has 0 atom stereocenters. The highest BCUT2D eigenvalue weighted by molar-refractivity contribution is 4.49. The molecule has 0 aromatic carbocycles. The van der Waals surface area contributed by atoms with Crippen LogP contribution in [-0.4, -0.2) is 6.54 Å². The minimum atomic E-state index is 0.672. The van der Waals surface area contributed by atoms with Crippen LogP contribution in [0.3, 0.4) is 0 Å². The van der Waals surface area contributed by atoms with Gasteiger partial charge in [-0.25, -0.2) is 0 Å². The Kier molecular flexibility index (Phi) is 10.7. The van der Waals surface area contributed by atoms with Crippen molar-refractivity contribution >= 4 is 0 Å². The molecule has 0 aromatic rings. The van der Waals surface area contributed by atoms with Crippen LogP contribution in [0, 0.1) is 0 Å². The van der Waals surface area contributed by atoms with Gasteiger partial charge in [0.25, 0.3) is 0 Å². The summed E-state index contributed by atoms with van der Waals surface area (Å²) in [6.07, 6.45) is 10.3. The van der Waals surface area contributed by atoms with Crippen LogP contribution in [-0.2, 0) is 0 Å². The van der Waals surface area contributed by atoms with Crippen LogP contribution in [0.2, 0.25) is 0 Å². The number of azide groups is 1. The lowest BCUT2D eigenvalue weighted by Crippen LogP contribution is -1.82. The molecule has 0 amide bonds. The van der Waals surface area contributed by atoms with Gasteiger partial charge in [0, 0.05) is 11.5 Å². The molecule has 0 heterocycles. The summed E-state index contributed by atoms with van der Waals surface area (Å²) in [6, 6.07) is 0. The van der Waals surface area contributed by atoms with Gasteiger partial charge in [0.15, 0.2) is 0 Å². The third-order valence-corrected chi connectivity index (χ3v) is 2.17. The maximum atomic E-state index is 8.02. The molecule has 3 heteroatoms. The molecule has 0 saturated heterocycles. The Labute approximate surface area is 81.2 Å². The van der Waals surface area contributed by atoms with Crippen molar-refractivity contribution in [3.8, 4) is 0 Å². The molecule has 0 aliphatic rings. The minimum Gasteiger partial charge on any atom is -0.0940 e. The van der Waals surface area contributed by atoms with E-state index in [-0.39, 0.29) is 0 Å². The molecular formula is C10H21N3. The molecule has 0 spiro atoms. The zero-order chi connectivity index (χ0) is 9.78. The average molecular weight is 183 g/mol. The van der Waals surface area contributed by atoms with Gasteiger partial charge in [0.2, 0.25) is 0 Å². The number of hydrogen-bond donors (Lipinski definition) is 0. The van der Waals surface area contributed by atoms with E-state index >= 15 is 0 Å². The standard InChI is InChI=1S/C10H21N3/c1-2-3-4-5-6-7-8-9-10-12-13-11/h2-10H2,1H3. The summed E-state index contributed by atoms with van der Waals surface area (Å²) in [4.78, 5) is 2.72.